The van der Waals surface area contributed by atoms with Gasteiger partial charge in [-0.3, -0.25) is 4.79 Å². The van der Waals surface area contributed by atoms with Gasteiger partial charge in [0.1, 0.15) is 0 Å². The first-order valence-electron chi connectivity index (χ1n) is 5.88. The van der Waals surface area contributed by atoms with E-state index < -0.39 is 0 Å². The molecule has 7 heteroatoms. The third-order valence-electron chi connectivity index (χ3n) is 2.65. The van der Waals surface area contributed by atoms with Crippen LogP contribution in [0.4, 0.5) is 10.8 Å². The summed E-state index contributed by atoms with van der Waals surface area (Å²) in [5.74, 6) is 0.237. The van der Waals surface area contributed by atoms with Crippen molar-refractivity contribution in [3.8, 4) is 0 Å². The molecular weight excluding hydrogens is 314 g/mol. The summed E-state index contributed by atoms with van der Waals surface area (Å²) in [5.41, 5.74) is 8.10. The number of benzene rings is 1. The van der Waals surface area contributed by atoms with E-state index >= 15 is 0 Å². The van der Waals surface area contributed by atoms with Gasteiger partial charge in [0.25, 0.3) is 0 Å². The molecule has 0 bridgehead atoms. The number of nitrogen functional groups attached to an aromatic ring is 1. The van der Waals surface area contributed by atoms with Gasteiger partial charge in [-0.15, -0.1) is 11.8 Å². The molecule has 2 aromatic rings. The lowest BCUT2D eigenvalue weighted by Gasteiger charge is -2.09. The Morgan fingerprint density at radius 2 is 2.25 bits per heavy atom. The van der Waals surface area contributed by atoms with Gasteiger partial charge in [0.2, 0.25) is 5.91 Å². The van der Waals surface area contributed by atoms with E-state index in [1.165, 1.54) is 23.1 Å². The minimum absolute atomic E-state index is 0.0771. The van der Waals surface area contributed by atoms with Crippen LogP contribution in [-0.4, -0.2) is 16.6 Å². The molecular formula is C13H14ClN3OS2. The molecule has 0 spiro atoms. The van der Waals surface area contributed by atoms with E-state index in [0.29, 0.717) is 15.9 Å². The number of carbonyl (C=O) groups excluding carboxylic acids is 1. The largest absolute Gasteiger partial charge is 0.375 e. The highest BCUT2D eigenvalue weighted by Crippen LogP contribution is 2.30. The summed E-state index contributed by atoms with van der Waals surface area (Å²) in [4.78, 5) is 16.1. The molecule has 0 saturated heterocycles. The van der Waals surface area contributed by atoms with Gasteiger partial charge < -0.3 is 11.1 Å². The zero-order chi connectivity index (χ0) is 14.7. The van der Waals surface area contributed by atoms with Crippen molar-refractivity contribution in [1.29, 1.82) is 0 Å². The van der Waals surface area contributed by atoms with Crippen molar-refractivity contribution in [1.82, 2.24) is 4.98 Å². The van der Waals surface area contributed by atoms with Crippen LogP contribution in [0, 0.1) is 13.8 Å². The van der Waals surface area contributed by atoms with Crippen molar-refractivity contribution in [3.63, 3.8) is 0 Å². The number of halogens is 1. The predicted octanol–water partition coefficient (Wildman–Crippen LogP) is 3.73. The fourth-order valence-electron chi connectivity index (χ4n) is 1.60. The molecule has 0 unspecified atom stereocenters. The number of anilines is 2. The second-order valence-corrected chi connectivity index (χ2v) is 6.86. The standard InChI is InChI=1S/C13H14ClN3OS2/c1-7-9(14)4-3-5-10(7)17-11(18)6-19-12-8(2)16-13(15)20-12/h3-5H,6H2,1-2H3,(H2,15,16)(H,17,18). The zero-order valence-corrected chi connectivity index (χ0v) is 13.5. The summed E-state index contributed by atoms with van der Waals surface area (Å²) in [7, 11) is 0. The highest BCUT2D eigenvalue weighted by molar-refractivity contribution is 8.01. The Bertz CT molecular complexity index is 643. The number of amides is 1. The Kier molecular flexibility index (Phi) is 4.91. The van der Waals surface area contributed by atoms with Crippen LogP contribution < -0.4 is 11.1 Å². The molecule has 2 rings (SSSR count). The first-order valence-corrected chi connectivity index (χ1v) is 8.06. The number of hydrogen-bond acceptors (Lipinski definition) is 5. The number of thiazole rings is 1. The Hall–Kier alpha value is -1.24. The average molecular weight is 328 g/mol. The van der Waals surface area contributed by atoms with Crippen molar-refractivity contribution < 1.29 is 4.79 Å². The summed E-state index contributed by atoms with van der Waals surface area (Å²) in [6, 6.07) is 5.44. The van der Waals surface area contributed by atoms with E-state index in [0.717, 1.165) is 21.2 Å². The molecule has 0 saturated carbocycles. The van der Waals surface area contributed by atoms with E-state index in [-0.39, 0.29) is 5.91 Å². The average Bonchev–Trinajstić information content (AvgIpc) is 2.71. The van der Waals surface area contributed by atoms with Crippen molar-refractivity contribution >= 4 is 51.4 Å². The smallest absolute Gasteiger partial charge is 0.234 e. The van der Waals surface area contributed by atoms with Crippen LogP contribution in [0.2, 0.25) is 5.02 Å². The third kappa shape index (κ3) is 3.65. The van der Waals surface area contributed by atoms with Crippen molar-refractivity contribution in [2.45, 2.75) is 18.1 Å². The SMILES string of the molecule is Cc1nc(N)sc1SCC(=O)Nc1cccc(Cl)c1C. The lowest BCUT2D eigenvalue weighted by atomic mass is 10.2. The quantitative estimate of drug-likeness (QED) is 0.840. The van der Waals surface area contributed by atoms with Crippen LogP contribution in [0.25, 0.3) is 0 Å². The van der Waals surface area contributed by atoms with Crippen molar-refractivity contribution in [3.05, 3.63) is 34.5 Å². The summed E-state index contributed by atoms with van der Waals surface area (Å²) in [6.45, 7) is 3.76. The number of thioether (sulfide) groups is 1. The number of hydrogen-bond donors (Lipinski definition) is 2. The van der Waals surface area contributed by atoms with Crippen LogP contribution in [0.5, 0.6) is 0 Å². The Morgan fingerprint density at radius 3 is 2.90 bits per heavy atom. The molecule has 0 aliphatic rings. The summed E-state index contributed by atoms with van der Waals surface area (Å²) < 4.78 is 0.973. The van der Waals surface area contributed by atoms with E-state index in [4.69, 9.17) is 17.3 Å². The maximum absolute atomic E-state index is 11.9. The molecule has 1 heterocycles. The number of carbonyl (C=O) groups is 1. The van der Waals surface area contributed by atoms with Crippen LogP contribution in [0.15, 0.2) is 22.4 Å². The number of nitrogens with one attached hydrogen (secondary N) is 1. The van der Waals surface area contributed by atoms with E-state index in [1.54, 1.807) is 6.07 Å². The van der Waals surface area contributed by atoms with E-state index in [9.17, 15) is 4.79 Å². The first-order chi connectivity index (χ1) is 9.47. The zero-order valence-electron chi connectivity index (χ0n) is 11.1. The first kappa shape index (κ1) is 15.2. The van der Waals surface area contributed by atoms with Gasteiger partial charge in [-0.05, 0) is 31.5 Å². The molecule has 106 valence electrons. The fourth-order valence-corrected chi connectivity index (χ4v) is 3.59. The van der Waals surface area contributed by atoms with Crippen LogP contribution in [-0.2, 0) is 4.79 Å². The monoisotopic (exact) mass is 327 g/mol. The highest BCUT2D eigenvalue weighted by atomic mass is 35.5. The predicted molar refractivity (Wildman–Crippen MR) is 86.8 cm³/mol. The summed E-state index contributed by atoms with van der Waals surface area (Å²) in [6.07, 6.45) is 0. The maximum Gasteiger partial charge on any atom is 0.234 e. The van der Waals surface area contributed by atoms with Crippen molar-refractivity contribution in [2.24, 2.45) is 0 Å². The van der Waals surface area contributed by atoms with Crippen molar-refractivity contribution in [2.75, 3.05) is 16.8 Å². The normalized spacial score (nSPS) is 10.6. The van der Waals surface area contributed by atoms with Gasteiger partial charge in [-0.25, -0.2) is 4.98 Å². The summed E-state index contributed by atoms with van der Waals surface area (Å²) >= 11 is 8.85. The molecule has 4 nitrogen and oxygen atoms in total. The van der Waals surface area contributed by atoms with Gasteiger partial charge in [-0.1, -0.05) is 29.0 Å². The number of aryl methyl sites for hydroxylation is 1. The van der Waals surface area contributed by atoms with Gasteiger partial charge in [-0.2, -0.15) is 0 Å². The highest BCUT2D eigenvalue weighted by Gasteiger charge is 2.10. The molecule has 0 aliphatic heterocycles. The molecule has 3 N–H and O–H groups in total. The maximum atomic E-state index is 11.9. The fraction of sp³-hybridized carbons (Fsp3) is 0.231. The van der Waals surface area contributed by atoms with Gasteiger partial charge in [0, 0.05) is 10.7 Å². The molecule has 20 heavy (non-hydrogen) atoms. The number of rotatable bonds is 4. The molecule has 0 aliphatic carbocycles. The molecule has 0 atom stereocenters. The van der Waals surface area contributed by atoms with Gasteiger partial charge >= 0.3 is 0 Å². The van der Waals surface area contributed by atoms with Crippen LogP contribution >= 0.6 is 34.7 Å². The van der Waals surface area contributed by atoms with E-state index in [1.807, 2.05) is 26.0 Å². The molecule has 1 aromatic heterocycles. The minimum Gasteiger partial charge on any atom is -0.375 e. The number of nitrogens with zero attached hydrogens (tertiary/aromatic N) is 1. The second kappa shape index (κ2) is 6.47. The molecule has 1 aromatic carbocycles. The van der Waals surface area contributed by atoms with E-state index in [2.05, 4.69) is 10.3 Å². The molecule has 0 fully saturated rings. The van der Waals surface area contributed by atoms with Crippen LogP contribution in [0.3, 0.4) is 0 Å². The van der Waals surface area contributed by atoms with Gasteiger partial charge in [0.15, 0.2) is 5.13 Å². The number of nitrogens with two attached hydrogens (primary N) is 1. The van der Waals surface area contributed by atoms with Crippen LogP contribution in [0.1, 0.15) is 11.3 Å². The third-order valence-corrected chi connectivity index (χ3v) is 5.41. The lowest BCUT2D eigenvalue weighted by Crippen LogP contribution is -2.14. The van der Waals surface area contributed by atoms with Gasteiger partial charge in [0.05, 0.1) is 15.7 Å². The molecule has 0 radical (unpaired) electrons. The number of aromatic nitrogens is 1. The topological polar surface area (TPSA) is 68.0 Å². The second-order valence-electron chi connectivity index (χ2n) is 4.17. The Labute approximate surface area is 130 Å². The molecule has 1 amide bonds. The lowest BCUT2D eigenvalue weighted by molar-refractivity contribution is -0.113. The summed E-state index contributed by atoms with van der Waals surface area (Å²) in [5, 5.41) is 4.02. The Morgan fingerprint density at radius 1 is 1.50 bits per heavy atom. The Balaban J connectivity index is 1.96. The minimum atomic E-state index is -0.0771.